The second-order valence-electron chi connectivity index (χ2n) is 7.83. The van der Waals surface area contributed by atoms with Crippen LogP contribution in [0.2, 0.25) is 0 Å². The maximum absolute atomic E-state index is 15.0. The van der Waals surface area contributed by atoms with Crippen LogP contribution in [0.5, 0.6) is 11.5 Å². The van der Waals surface area contributed by atoms with Crippen LogP contribution in [0, 0.1) is 34.6 Å². The van der Waals surface area contributed by atoms with Gasteiger partial charge in [0.25, 0.3) is 10.0 Å². The van der Waals surface area contributed by atoms with Gasteiger partial charge in [-0.3, -0.25) is 0 Å². The lowest BCUT2D eigenvalue weighted by Crippen LogP contribution is -2.35. The molecular formula is C23H17F4N3O6PS2+. The van der Waals surface area contributed by atoms with Gasteiger partial charge in [-0.15, -0.1) is 11.3 Å². The Morgan fingerprint density at radius 3 is 2.46 bits per heavy atom. The number of sulfonamides is 1. The van der Waals surface area contributed by atoms with Crippen LogP contribution in [0.4, 0.5) is 17.6 Å². The number of pyridine rings is 1. The number of benzene rings is 2. The molecule has 2 aromatic heterocycles. The van der Waals surface area contributed by atoms with Crippen LogP contribution in [0.1, 0.15) is 5.56 Å². The van der Waals surface area contributed by atoms with E-state index < -0.39 is 73.0 Å². The molecule has 16 heteroatoms. The normalized spacial score (nSPS) is 13.1. The van der Waals surface area contributed by atoms with E-state index in [4.69, 9.17) is 14.5 Å². The Hall–Kier alpha value is -3.54. The molecule has 2 N–H and O–H groups in total. The largest absolute Gasteiger partial charge is 0.481 e. The van der Waals surface area contributed by atoms with Gasteiger partial charge in [-0.25, -0.2) is 30.7 Å². The molecule has 0 saturated carbocycles. The Morgan fingerprint density at radius 1 is 1.08 bits per heavy atom. The fourth-order valence-electron chi connectivity index (χ4n) is 3.29. The lowest BCUT2D eigenvalue weighted by Gasteiger charge is -2.14. The minimum absolute atomic E-state index is 0.185. The van der Waals surface area contributed by atoms with Crippen LogP contribution in [-0.4, -0.2) is 26.2 Å². The Labute approximate surface area is 223 Å². The van der Waals surface area contributed by atoms with Gasteiger partial charge in [-0.05, 0) is 18.2 Å². The van der Waals surface area contributed by atoms with E-state index in [1.165, 1.54) is 0 Å². The van der Waals surface area contributed by atoms with Crippen molar-refractivity contribution in [1.29, 1.82) is 5.26 Å². The summed E-state index contributed by atoms with van der Waals surface area (Å²) in [4.78, 5) is 10.00. The van der Waals surface area contributed by atoms with Crippen molar-refractivity contribution in [2.75, 3.05) is 12.9 Å². The summed E-state index contributed by atoms with van der Waals surface area (Å²) in [5, 5.41) is 8.16. The smallest absolute Gasteiger partial charge is 0.391 e. The number of aromatic nitrogens is 1. The minimum Gasteiger partial charge on any atom is -0.481 e. The van der Waals surface area contributed by atoms with Crippen molar-refractivity contribution in [3.05, 3.63) is 83.7 Å². The van der Waals surface area contributed by atoms with E-state index in [1.807, 2.05) is 0 Å². The van der Waals surface area contributed by atoms with Gasteiger partial charge >= 0.3 is 7.60 Å². The molecule has 1 atom stereocenters. The molecule has 2 aromatic carbocycles. The molecule has 0 aliphatic carbocycles. The fourth-order valence-corrected chi connectivity index (χ4v) is 7.22. The van der Waals surface area contributed by atoms with Crippen LogP contribution in [0.3, 0.4) is 0 Å². The first-order valence-electron chi connectivity index (χ1n) is 10.8. The Bertz CT molecular complexity index is 1750. The molecule has 204 valence electrons. The molecule has 39 heavy (non-hydrogen) atoms. The molecule has 0 radical (unpaired) electrons. The first-order valence-corrected chi connectivity index (χ1v) is 14.9. The van der Waals surface area contributed by atoms with Crippen LogP contribution < -0.4 is 18.5 Å². The lowest BCUT2D eigenvalue weighted by atomic mass is 10.2. The van der Waals surface area contributed by atoms with E-state index in [1.54, 1.807) is 46.0 Å². The molecule has 0 fully saturated rings. The number of ether oxygens (including phenoxy) is 1. The first kappa shape index (κ1) is 28.5. The fraction of sp³-hybridized carbons (Fsp3) is 0.130. The van der Waals surface area contributed by atoms with Gasteiger partial charge in [0.2, 0.25) is 5.82 Å². The maximum atomic E-state index is 15.0. The molecule has 4 rings (SSSR count). The monoisotopic (exact) mass is 602 g/mol. The lowest BCUT2D eigenvalue weighted by molar-refractivity contribution is -0.697. The van der Waals surface area contributed by atoms with Crippen LogP contribution >= 0.6 is 18.9 Å². The molecule has 0 spiro atoms. The summed E-state index contributed by atoms with van der Waals surface area (Å²) in [5.41, 5.74) is -0.347. The minimum atomic E-state index is -4.75. The van der Waals surface area contributed by atoms with Gasteiger partial charge in [0.1, 0.15) is 34.7 Å². The molecule has 1 unspecified atom stereocenters. The van der Waals surface area contributed by atoms with Crippen molar-refractivity contribution < 1.29 is 49.3 Å². The number of halogens is 4. The summed E-state index contributed by atoms with van der Waals surface area (Å²) in [5.74, 6) is -6.98. The van der Waals surface area contributed by atoms with Crippen molar-refractivity contribution in [3.8, 4) is 17.6 Å². The van der Waals surface area contributed by atoms with Gasteiger partial charge in [0, 0.05) is 23.6 Å². The Balaban J connectivity index is 1.52. The second kappa shape index (κ2) is 11.3. The predicted octanol–water partition coefficient (Wildman–Crippen LogP) is 4.20. The summed E-state index contributed by atoms with van der Waals surface area (Å²) >= 11 is 0.192. The molecule has 0 amide bonds. The zero-order chi connectivity index (χ0) is 28.4. The van der Waals surface area contributed by atoms with E-state index in [0.717, 1.165) is 18.2 Å². The van der Waals surface area contributed by atoms with Crippen LogP contribution in [0.25, 0.3) is 10.1 Å². The van der Waals surface area contributed by atoms with E-state index >= 15 is 4.39 Å². The molecule has 0 aliphatic rings. The number of hydrogen-bond donors (Lipinski definition) is 2. The van der Waals surface area contributed by atoms with E-state index in [2.05, 4.69) is 0 Å². The third-order valence-corrected chi connectivity index (χ3v) is 9.41. The van der Waals surface area contributed by atoms with E-state index in [-0.39, 0.29) is 30.1 Å². The quantitative estimate of drug-likeness (QED) is 0.121. The van der Waals surface area contributed by atoms with Gasteiger partial charge in [0.15, 0.2) is 36.3 Å². The number of rotatable bonds is 10. The molecule has 0 bridgehead atoms. The highest BCUT2D eigenvalue weighted by molar-refractivity contribution is 7.92. The average molecular weight is 603 g/mol. The average Bonchev–Trinajstić information content (AvgIpc) is 3.36. The highest BCUT2D eigenvalue weighted by Gasteiger charge is 2.30. The topological polar surface area (TPSA) is 130 Å². The molecular weight excluding hydrogens is 585 g/mol. The van der Waals surface area contributed by atoms with Crippen molar-refractivity contribution in [2.24, 2.45) is 0 Å². The van der Waals surface area contributed by atoms with E-state index in [0.29, 0.717) is 6.07 Å². The van der Waals surface area contributed by atoms with Crippen molar-refractivity contribution in [2.45, 2.75) is 10.8 Å². The molecule has 2 heterocycles. The highest BCUT2D eigenvalue weighted by Crippen LogP contribution is 2.43. The summed E-state index contributed by atoms with van der Waals surface area (Å²) in [6.07, 6.45) is 2.17. The maximum Gasteiger partial charge on any atom is 0.391 e. The SMILES string of the molecule is N#Cc1ccc(OP(=O)(O)CNS(=O)(=O)c2cc3c(F)c(OCC[n+]4ccccc4)c(F)c(F)c3s2)cc1F. The third-order valence-electron chi connectivity index (χ3n) is 5.14. The number of thiophene rings is 1. The van der Waals surface area contributed by atoms with Gasteiger partial charge < -0.3 is 14.2 Å². The number of nitrogens with one attached hydrogen (secondary N) is 1. The number of nitriles is 1. The van der Waals surface area contributed by atoms with Crippen molar-refractivity contribution >= 4 is 39.0 Å². The third kappa shape index (κ3) is 6.38. The molecule has 0 saturated heterocycles. The van der Waals surface area contributed by atoms with Gasteiger partial charge in [-0.1, -0.05) is 6.07 Å². The highest BCUT2D eigenvalue weighted by atomic mass is 32.2. The van der Waals surface area contributed by atoms with Crippen LogP contribution in [0.15, 0.2) is 59.1 Å². The Morgan fingerprint density at radius 2 is 1.79 bits per heavy atom. The summed E-state index contributed by atoms with van der Waals surface area (Å²) < 4.78 is 108. The number of nitrogens with zero attached hydrogens (tertiary/aromatic N) is 2. The van der Waals surface area contributed by atoms with Gasteiger partial charge in [0.05, 0.1) is 10.3 Å². The molecule has 4 aromatic rings. The number of hydrogen-bond acceptors (Lipinski definition) is 7. The first-order chi connectivity index (χ1) is 18.4. The standard InChI is InChI=1S/C23H16F4N3O6PS2/c24-17-10-15(5-4-14(17)12-28)36-37(31,32)13-29-39(33,34)18-11-16-19(25)22(20(26)21(27)23(16)38-18)35-9-8-30-6-2-1-3-7-30/h1-7,10-11,29H,8-9,13H2/p+1. The Kier molecular flexibility index (Phi) is 8.24. The number of fused-ring (bicyclic) bond motifs is 1. The summed E-state index contributed by atoms with van der Waals surface area (Å²) in [6, 6.07) is 10.2. The zero-order valence-electron chi connectivity index (χ0n) is 19.5. The zero-order valence-corrected chi connectivity index (χ0v) is 22.0. The van der Waals surface area contributed by atoms with Crippen molar-refractivity contribution in [3.63, 3.8) is 0 Å². The predicted molar refractivity (Wildman–Crippen MR) is 131 cm³/mol. The molecule has 0 aliphatic heterocycles. The van der Waals surface area contributed by atoms with Gasteiger partial charge in [-0.2, -0.15) is 14.4 Å². The second-order valence-corrected chi connectivity index (χ2v) is 12.6. The van der Waals surface area contributed by atoms with Crippen molar-refractivity contribution in [1.82, 2.24) is 4.72 Å². The van der Waals surface area contributed by atoms with E-state index in [9.17, 15) is 31.0 Å². The molecule has 9 nitrogen and oxygen atoms in total. The summed E-state index contributed by atoms with van der Waals surface area (Å²) in [6.45, 7) is -0.0375. The summed E-state index contributed by atoms with van der Waals surface area (Å²) in [7, 11) is -9.39. The van der Waals surface area contributed by atoms with Crippen LogP contribution in [-0.2, 0) is 21.1 Å².